The van der Waals surface area contributed by atoms with Gasteiger partial charge in [-0.25, -0.2) is 0 Å². The lowest BCUT2D eigenvalue weighted by molar-refractivity contribution is -0.137. The number of nitrogens with zero attached hydrogens (tertiary/aromatic N) is 2. The van der Waals surface area contributed by atoms with Crippen molar-refractivity contribution in [2.45, 2.75) is 26.2 Å². The molecule has 0 unspecified atom stereocenters. The van der Waals surface area contributed by atoms with Crippen molar-refractivity contribution in [3.63, 3.8) is 0 Å². The molecule has 0 aliphatic rings. The van der Waals surface area contributed by atoms with Crippen LogP contribution in [0.2, 0.25) is 5.02 Å². The number of halogens is 1. The molecule has 0 spiro atoms. The summed E-state index contributed by atoms with van der Waals surface area (Å²) in [5, 5.41) is 17.0. The quantitative estimate of drug-likeness (QED) is 0.910. The van der Waals surface area contributed by atoms with Crippen molar-refractivity contribution >= 4 is 17.6 Å². The molecular weight excluding hydrogens is 268 g/mol. The molecule has 1 aromatic carbocycles. The molecule has 1 N–H and O–H groups in total. The topological polar surface area (TPSA) is 76.2 Å². The smallest absolute Gasteiger partial charge is 0.303 e. The number of aliphatic carboxylic acids is 1. The van der Waals surface area contributed by atoms with Gasteiger partial charge in [-0.15, -0.1) is 10.2 Å². The van der Waals surface area contributed by atoms with Crippen LogP contribution in [0.3, 0.4) is 0 Å². The summed E-state index contributed by atoms with van der Waals surface area (Å²) in [5.41, 5.74) is 1.74. The third-order valence-corrected chi connectivity index (χ3v) is 3.07. The molecule has 5 nitrogen and oxygen atoms in total. The van der Waals surface area contributed by atoms with E-state index in [1.807, 2.05) is 19.1 Å². The fourth-order valence-electron chi connectivity index (χ4n) is 1.59. The Kier molecular flexibility index (Phi) is 4.16. The Bertz CT molecular complexity index is 595. The van der Waals surface area contributed by atoms with E-state index in [0.717, 1.165) is 11.1 Å². The Hall–Kier alpha value is -1.88. The summed E-state index contributed by atoms with van der Waals surface area (Å²) in [7, 11) is 0. The predicted octanol–water partition coefficient (Wildman–Crippen LogP) is 3.11. The molecule has 0 aliphatic heterocycles. The summed E-state index contributed by atoms with van der Waals surface area (Å²) in [6.07, 6.45) is 1.03. The van der Waals surface area contributed by atoms with Gasteiger partial charge in [0.2, 0.25) is 11.8 Å². The first-order valence-corrected chi connectivity index (χ1v) is 6.25. The van der Waals surface area contributed by atoms with Gasteiger partial charge >= 0.3 is 5.97 Å². The summed E-state index contributed by atoms with van der Waals surface area (Å²) in [6, 6.07) is 5.51. The number of aryl methyl sites for hydroxylation is 2. The lowest BCUT2D eigenvalue weighted by atomic mass is 10.1. The number of rotatable bonds is 5. The van der Waals surface area contributed by atoms with Crippen molar-refractivity contribution in [2.24, 2.45) is 0 Å². The van der Waals surface area contributed by atoms with Crippen LogP contribution in [-0.2, 0) is 11.2 Å². The Morgan fingerprint density at radius 3 is 2.89 bits per heavy atom. The normalized spacial score (nSPS) is 10.6. The van der Waals surface area contributed by atoms with Crippen molar-refractivity contribution in [2.75, 3.05) is 0 Å². The van der Waals surface area contributed by atoms with Gasteiger partial charge in [0.1, 0.15) is 0 Å². The lowest BCUT2D eigenvalue weighted by Gasteiger charge is -1.99. The average Bonchev–Trinajstić information content (AvgIpc) is 2.81. The summed E-state index contributed by atoms with van der Waals surface area (Å²) < 4.78 is 5.47. The molecule has 0 saturated heterocycles. The van der Waals surface area contributed by atoms with E-state index in [0.29, 0.717) is 29.6 Å². The van der Waals surface area contributed by atoms with E-state index < -0.39 is 5.97 Å². The first kappa shape index (κ1) is 13.5. The van der Waals surface area contributed by atoms with E-state index >= 15 is 0 Å². The number of hydrogen-bond donors (Lipinski definition) is 1. The highest BCUT2D eigenvalue weighted by molar-refractivity contribution is 6.31. The molecule has 2 aromatic rings. The minimum Gasteiger partial charge on any atom is -0.481 e. The van der Waals surface area contributed by atoms with Gasteiger partial charge in [0, 0.05) is 23.4 Å². The maximum atomic E-state index is 10.4. The molecule has 6 heteroatoms. The van der Waals surface area contributed by atoms with Crippen LogP contribution in [0.15, 0.2) is 22.6 Å². The number of carboxylic acids is 1. The van der Waals surface area contributed by atoms with Gasteiger partial charge in [0.05, 0.1) is 0 Å². The first-order chi connectivity index (χ1) is 9.06. The number of aromatic nitrogens is 2. The minimum atomic E-state index is -0.829. The molecule has 1 aromatic heterocycles. The van der Waals surface area contributed by atoms with E-state index in [9.17, 15) is 4.79 Å². The van der Waals surface area contributed by atoms with Crippen LogP contribution in [-0.4, -0.2) is 21.3 Å². The maximum absolute atomic E-state index is 10.4. The van der Waals surface area contributed by atoms with E-state index in [-0.39, 0.29) is 6.42 Å². The van der Waals surface area contributed by atoms with E-state index in [1.165, 1.54) is 0 Å². The average molecular weight is 281 g/mol. The predicted molar refractivity (Wildman–Crippen MR) is 70.1 cm³/mol. The van der Waals surface area contributed by atoms with Crippen LogP contribution in [0.1, 0.15) is 24.3 Å². The fraction of sp³-hybridized carbons (Fsp3) is 0.308. The Labute approximate surface area is 115 Å². The van der Waals surface area contributed by atoms with Gasteiger partial charge in [0.25, 0.3) is 0 Å². The van der Waals surface area contributed by atoms with Gasteiger partial charge in [-0.1, -0.05) is 17.7 Å². The van der Waals surface area contributed by atoms with Crippen molar-refractivity contribution in [3.05, 3.63) is 34.7 Å². The monoisotopic (exact) mass is 280 g/mol. The third-order valence-electron chi connectivity index (χ3n) is 2.67. The van der Waals surface area contributed by atoms with E-state index in [1.54, 1.807) is 6.07 Å². The largest absolute Gasteiger partial charge is 0.481 e. The van der Waals surface area contributed by atoms with Crippen LogP contribution >= 0.6 is 11.6 Å². The molecule has 1 heterocycles. The molecule has 0 fully saturated rings. The molecule has 19 heavy (non-hydrogen) atoms. The van der Waals surface area contributed by atoms with Crippen molar-refractivity contribution in [1.82, 2.24) is 10.2 Å². The molecule has 0 bridgehead atoms. The molecule has 100 valence electrons. The molecule has 0 aliphatic carbocycles. The Morgan fingerprint density at radius 2 is 2.21 bits per heavy atom. The van der Waals surface area contributed by atoms with Crippen molar-refractivity contribution in [3.8, 4) is 11.5 Å². The van der Waals surface area contributed by atoms with Gasteiger partial charge in [0.15, 0.2) is 0 Å². The zero-order valence-corrected chi connectivity index (χ0v) is 11.1. The molecule has 0 saturated carbocycles. The zero-order valence-electron chi connectivity index (χ0n) is 10.4. The number of carboxylic acid groups (broad SMARTS) is 1. The van der Waals surface area contributed by atoms with Gasteiger partial charge in [-0.05, 0) is 31.0 Å². The van der Waals surface area contributed by atoms with Gasteiger partial charge in [-0.3, -0.25) is 4.79 Å². The molecule has 0 radical (unpaired) electrons. The van der Waals surface area contributed by atoms with Crippen molar-refractivity contribution < 1.29 is 14.3 Å². The van der Waals surface area contributed by atoms with E-state index in [4.69, 9.17) is 21.1 Å². The summed E-state index contributed by atoms with van der Waals surface area (Å²) in [5.74, 6) is 0.00484. The second-order valence-electron chi connectivity index (χ2n) is 4.21. The highest BCUT2D eigenvalue weighted by Gasteiger charge is 2.10. The zero-order chi connectivity index (χ0) is 13.8. The highest BCUT2D eigenvalue weighted by atomic mass is 35.5. The summed E-state index contributed by atoms with van der Waals surface area (Å²) in [4.78, 5) is 10.4. The molecular formula is C13H13ClN2O3. The van der Waals surface area contributed by atoms with E-state index in [2.05, 4.69) is 10.2 Å². The molecule has 2 rings (SSSR count). The Morgan fingerprint density at radius 1 is 1.42 bits per heavy atom. The second kappa shape index (κ2) is 5.84. The minimum absolute atomic E-state index is 0.0913. The first-order valence-electron chi connectivity index (χ1n) is 5.87. The second-order valence-corrected chi connectivity index (χ2v) is 4.62. The maximum Gasteiger partial charge on any atom is 0.303 e. The van der Waals surface area contributed by atoms with Crippen molar-refractivity contribution in [1.29, 1.82) is 0 Å². The SMILES string of the molecule is Cc1ccc(-c2nnc(CCCC(=O)O)o2)cc1Cl. The number of benzene rings is 1. The summed E-state index contributed by atoms with van der Waals surface area (Å²) >= 11 is 6.03. The van der Waals surface area contributed by atoms with Crippen LogP contribution < -0.4 is 0 Å². The third kappa shape index (κ3) is 3.54. The standard InChI is InChI=1S/C13H13ClN2O3/c1-8-5-6-9(7-10(8)14)13-16-15-11(19-13)3-2-4-12(17)18/h5-7H,2-4H2,1H3,(H,17,18). The highest BCUT2D eigenvalue weighted by Crippen LogP contribution is 2.24. The Balaban J connectivity index is 2.07. The van der Waals surface area contributed by atoms with Gasteiger partial charge < -0.3 is 9.52 Å². The van der Waals surface area contributed by atoms with Crippen LogP contribution in [0.5, 0.6) is 0 Å². The van der Waals surface area contributed by atoms with Gasteiger partial charge in [-0.2, -0.15) is 0 Å². The lowest BCUT2D eigenvalue weighted by Crippen LogP contribution is -1.95. The fourth-order valence-corrected chi connectivity index (χ4v) is 1.77. The molecule has 0 atom stereocenters. The number of carbonyl (C=O) groups is 1. The van der Waals surface area contributed by atoms with Crippen LogP contribution in [0, 0.1) is 6.92 Å². The van der Waals surface area contributed by atoms with Crippen LogP contribution in [0.25, 0.3) is 11.5 Å². The molecule has 0 amide bonds. The number of hydrogen-bond acceptors (Lipinski definition) is 4. The van der Waals surface area contributed by atoms with Crippen LogP contribution in [0.4, 0.5) is 0 Å². The summed E-state index contributed by atoms with van der Waals surface area (Å²) in [6.45, 7) is 1.91.